The van der Waals surface area contributed by atoms with Gasteiger partial charge in [0.15, 0.2) is 0 Å². The number of amides is 1. The summed E-state index contributed by atoms with van der Waals surface area (Å²) in [7, 11) is 0. The third kappa shape index (κ3) is 4.25. The average molecular weight is 318 g/mol. The second-order valence-corrected chi connectivity index (χ2v) is 4.84. The number of carbonyl (C=O) groups excluding carboxylic acids is 1. The van der Waals surface area contributed by atoms with Gasteiger partial charge in [-0.15, -0.1) is 0 Å². The van der Waals surface area contributed by atoms with Crippen LogP contribution in [-0.2, 0) is 17.9 Å². The number of nitrogens with one attached hydrogen (secondary N) is 1. The van der Waals surface area contributed by atoms with E-state index in [0.717, 1.165) is 17.8 Å². The molecule has 2 aromatic rings. The van der Waals surface area contributed by atoms with E-state index in [9.17, 15) is 14.9 Å². The third-order valence-corrected chi connectivity index (χ3v) is 3.33. The summed E-state index contributed by atoms with van der Waals surface area (Å²) >= 11 is 0. The number of hydrogen-bond donors (Lipinski definition) is 1. The zero-order chi connectivity index (χ0) is 16.8. The molecule has 2 heterocycles. The molecule has 0 bridgehead atoms. The molecule has 0 saturated carbocycles. The molecule has 9 heteroatoms. The molecule has 0 aliphatic heterocycles. The first-order chi connectivity index (χ1) is 11.0. The Labute approximate surface area is 132 Å². The molecule has 23 heavy (non-hydrogen) atoms. The van der Waals surface area contributed by atoms with Gasteiger partial charge >= 0.3 is 5.69 Å². The van der Waals surface area contributed by atoms with Crippen LogP contribution < -0.4 is 5.32 Å². The van der Waals surface area contributed by atoms with Gasteiger partial charge in [0.2, 0.25) is 5.91 Å². The SMILES string of the molecule is CCn1ncc(/C=C/C(=O)NCCn2cc([N+](=O)[O-])cn2)c1C. The summed E-state index contributed by atoms with van der Waals surface area (Å²) in [5.41, 5.74) is 1.82. The first-order valence-corrected chi connectivity index (χ1v) is 7.16. The molecular weight excluding hydrogens is 300 g/mol. The highest BCUT2D eigenvalue weighted by Gasteiger charge is 2.08. The van der Waals surface area contributed by atoms with Gasteiger partial charge in [0.25, 0.3) is 0 Å². The summed E-state index contributed by atoms with van der Waals surface area (Å²) in [4.78, 5) is 21.8. The number of nitrogens with zero attached hydrogens (tertiary/aromatic N) is 5. The van der Waals surface area contributed by atoms with Gasteiger partial charge in [0, 0.05) is 30.4 Å². The predicted molar refractivity (Wildman–Crippen MR) is 83.6 cm³/mol. The Bertz CT molecular complexity index is 731. The largest absolute Gasteiger partial charge is 0.351 e. The molecule has 0 atom stereocenters. The van der Waals surface area contributed by atoms with Crippen molar-refractivity contribution in [1.29, 1.82) is 0 Å². The molecule has 0 aliphatic rings. The van der Waals surface area contributed by atoms with Crippen LogP contribution in [0.3, 0.4) is 0 Å². The van der Waals surface area contributed by atoms with Crippen molar-refractivity contribution >= 4 is 17.7 Å². The number of carbonyl (C=O) groups is 1. The molecule has 2 aromatic heterocycles. The normalized spacial score (nSPS) is 11.0. The minimum Gasteiger partial charge on any atom is -0.351 e. The maximum atomic E-state index is 11.7. The van der Waals surface area contributed by atoms with Gasteiger partial charge in [0.05, 0.1) is 17.7 Å². The summed E-state index contributed by atoms with van der Waals surface area (Å²) in [6.07, 6.45) is 7.37. The minimum absolute atomic E-state index is 0.0698. The predicted octanol–water partition coefficient (Wildman–Crippen LogP) is 1.15. The molecule has 0 spiro atoms. The van der Waals surface area contributed by atoms with Crippen LogP contribution in [0.4, 0.5) is 5.69 Å². The van der Waals surface area contributed by atoms with E-state index in [4.69, 9.17) is 0 Å². The molecule has 122 valence electrons. The van der Waals surface area contributed by atoms with Crippen molar-refractivity contribution in [2.45, 2.75) is 26.9 Å². The Hall–Kier alpha value is -2.97. The van der Waals surface area contributed by atoms with Crippen LogP contribution in [0.1, 0.15) is 18.2 Å². The Morgan fingerprint density at radius 2 is 2.22 bits per heavy atom. The molecule has 0 aliphatic carbocycles. The van der Waals surface area contributed by atoms with Crippen molar-refractivity contribution in [3.8, 4) is 0 Å². The van der Waals surface area contributed by atoms with E-state index in [2.05, 4.69) is 15.5 Å². The van der Waals surface area contributed by atoms with Gasteiger partial charge in [-0.25, -0.2) is 0 Å². The molecule has 1 N–H and O–H groups in total. The molecule has 0 unspecified atom stereocenters. The van der Waals surface area contributed by atoms with Crippen molar-refractivity contribution in [1.82, 2.24) is 24.9 Å². The van der Waals surface area contributed by atoms with Gasteiger partial charge in [-0.05, 0) is 19.9 Å². The van der Waals surface area contributed by atoms with Crippen LogP contribution in [0.15, 0.2) is 24.7 Å². The fourth-order valence-electron chi connectivity index (χ4n) is 2.03. The van der Waals surface area contributed by atoms with Crippen LogP contribution in [0.2, 0.25) is 0 Å². The quantitative estimate of drug-likeness (QED) is 0.468. The first-order valence-electron chi connectivity index (χ1n) is 7.16. The van der Waals surface area contributed by atoms with Gasteiger partial charge in [-0.1, -0.05) is 0 Å². The number of hydrogen-bond acceptors (Lipinski definition) is 5. The Morgan fingerprint density at radius 3 is 2.83 bits per heavy atom. The van der Waals surface area contributed by atoms with Gasteiger partial charge in [0.1, 0.15) is 12.4 Å². The summed E-state index contributed by atoms with van der Waals surface area (Å²) in [6, 6.07) is 0. The first kappa shape index (κ1) is 16.4. The van der Waals surface area contributed by atoms with Gasteiger partial charge < -0.3 is 5.32 Å². The lowest BCUT2D eigenvalue weighted by Gasteiger charge is -2.02. The van der Waals surface area contributed by atoms with Crippen molar-refractivity contribution in [2.24, 2.45) is 0 Å². The molecule has 2 rings (SSSR count). The lowest BCUT2D eigenvalue weighted by molar-refractivity contribution is -0.385. The Balaban J connectivity index is 1.81. The number of rotatable bonds is 7. The van der Waals surface area contributed by atoms with Crippen molar-refractivity contribution in [2.75, 3.05) is 6.54 Å². The maximum absolute atomic E-state index is 11.7. The fourth-order valence-corrected chi connectivity index (χ4v) is 2.03. The topological polar surface area (TPSA) is 108 Å². The second-order valence-electron chi connectivity index (χ2n) is 4.84. The van der Waals surface area contributed by atoms with E-state index in [1.54, 1.807) is 12.3 Å². The Kier molecular flexibility index (Phi) is 5.23. The van der Waals surface area contributed by atoms with Crippen LogP contribution in [0.5, 0.6) is 0 Å². The smallest absolute Gasteiger partial charge is 0.306 e. The molecule has 0 aromatic carbocycles. The summed E-state index contributed by atoms with van der Waals surface area (Å²) in [5, 5.41) is 21.3. The summed E-state index contributed by atoms with van der Waals surface area (Å²) in [5.74, 6) is -0.240. The minimum atomic E-state index is -0.510. The number of nitro groups is 1. The highest BCUT2D eigenvalue weighted by molar-refractivity contribution is 5.91. The third-order valence-electron chi connectivity index (χ3n) is 3.33. The van der Waals surface area contributed by atoms with E-state index in [0.29, 0.717) is 13.1 Å². The molecular formula is C14H18N6O3. The molecule has 9 nitrogen and oxygen atoms in total. The van der Waals surface area contributed by atoms with E-state index < -0.39 is 4.92 Å². The van der Waals surface area contributed by atoms with Gasteiger partial charge in [-0.2, -0.15) is 10.2 Å². The maximum Gasteiger partial charge on any atom is 0.306 e. The standard InChI is InChI=1S/C14H18N6O3/c1-3-19-11(2)12(8-17-19)4-5-14(21)15-6-7-18-10-13(9-16-18)20(22)23/h4-5,8-10H,3,6-7H2,1-2H3,(H,15,21)/b5-4+. The van der Waals surface area contributed by atoms with Crippen LogP contribution in [0, 0.1) is 17.0 Å². The molecule has 0 radical (unpaired) electrons. The van der Waals surface area contributed by atoms with Crippen molar-refractivity contribution in [3.05, 3.63) is 46.0 Å². The summed E-state index contributed by atoms with van der Waals surface area (Å²) in [6.45, 7) is 5.41. The van der Waals surface area contributed by atoms with E-state index in [1.807, 2.05) is 18.5 Å². The van der Waals surface area contributed by atoms with Gasteiger partial charge in [-0.3, -0.25) is 24.3 Å². The molecule has 1 amide bonds. The molecule has 0 fully saturated rings. The van der Waals surface area contributed by atoms with Crippen molar-refractivity contribution in [3.63, 3.8) is 0 Å². The molecule has 0 saturated heterocycles. The van der Waals surface area contributed by atoms with Crippen LogP contribution >= 0.6 is 0 Å². The van der Waals surface area contributed by atoms with Crippen LogP contribution in [0.25, 0.3) is 6.08 Å². The van der Waals surface area contributed by atoms with E-state index >= 15 is 0 Å². The number of aryl methyl sites for hydroxylation is 1. The second kappa shape index (κ2) is 7.34. The lowest BCUT2D eigenvalue weighted by Crippen LogP contribution is -2.25. The van der Waals surface area contributed by atoms with E-state index in [1.165, 1.54) is 23.2 Å². The van der Waals surface area contributed by atoms with E-state index in [-0.39, 0.29) is 11.6 Å². The van der Waals surface area contributed by atoms with Crippen LogP contribution in [-0.4, -0.2) is 36.9 Å². The zero-order valence-corrected chi connectivity index (χ0v) is 13.0. The highest BCUT2D eigenvalue weighted by Crippen LogP contribution is 2.09. The Morgan fingerprint density at radius 1 is 1.43 bits per heavy atom. The van der Waals surface area contributed by atoms with Crippen molar-refractivity contribution < 1.29 is 9.72 Å². The average Bonchev–Trinajstić information content (AvgIpc) is 3.12. The fraction of sp³-hybridized carbons (Fsp3) is 0.357. The lowest BCUT2D eigenvalue weighted by atomic mass is 10.2. The highest BCUT2D eigenvalue weighted by atomic mass is 16.6. The monoisotopic (exact) mass is 318 g/mol. The number of aromatic nitrogens is 4. The zero-order valence-electron chi connectivity index (χ0n) is 13.0. The summed E-state index contributed by atoms with van der Waals surface area (Å²) < 4.78 is 3.26.